The minimum atomic E-state index is -2.80. The van der Waals surface area contributed by atoms with Crippen LogP contribution in [0.2, 0.25) is 0 Å². The van der Waals surface area contributed by atoms with Crippen molar-refractivity contribution in [2.45, 2.75) is 18.9 Å². The first-order chi connectivity index (χ1) is 8.50. The van der Waals surface area contributed by atoms with Crippen LogP contribution in [0.3, 0.4) is 0 Å². The minimum Gasteiger partial charge on any atom is -0.316 e. The van der Waals surface area contributed by atoms with Crippen LogP contribution in [-0.4, -0.2) is 33.0 Å². The maximum Gasteiger partial charge on any atom is 0.150 e. The summed E-state index contributed by atoms with van der Waals surface area (Å²) in [6.45, 7) is 0. The SMILES string of the molecule is CNC(Cc1cccc(Br)c1)C1CCS(=O)(=O)C1. The lowest BCUT2D eigenvalue weighted by molar-refractivity contribution is 0.403. The molecule has 0 saturated carbocycles. The fraction of sp³-hybridized carbons (Fsp3) is 0.538. The summed E-state index contributed by atoms with van der Waals surface area (Å²) in [5.41, 5.74) is 1.23. The van der Waals surface area contributed by atoms with Crippen molar-refractivity contribution in [3.8, 4) is 0 Å². The molecule has 0 radical (unpaired) electrons. The van der Waals surface area contributed by atoms with Gasteiger partial charge in [0.15, 0.2) is 9.84 Å². The van der Waals surface area contributed by atoms with Gasteiger partial charge in [-0.05, 0) is 43.5 Å². The molecule has 1 aliphatic heterocycles. The molecule has 1 aliphatic rings. The van der Waals surface area contributed by atoms with Gasteiger partial charge >= 0.3 is 0 Å². The van der Waals surface area contributed by atoms with Crippen molar-refractivity contribution in [1.82, 2.24) is 5.32 Å². The first-order valence-corrected chi connectivity index (χ1v) is 8.74. The van der Waals surface area contributed by atoms with Crippen molar-refractivity contribution in [3.63, 3.8) is 0 Å². The Morgan fingerprint density at radius 2 is 2.28 bits per heavy atom. The van der Waals surface area contributed by atoms with Gasteiger partial charge in [-0.15, -0.1) is 0 Å². The van der Waals surface area contributed by atoms with Crippen molar-refractivity contribution in [3.05, 3.63) is 34.3 Å². The molecule has 0 aromatic heterocycles. The lowest BCUT2D eigenvalue weighted by Crippen LogP contribution is -2.36. The Hall–Kier alpha value is -0.390. The van der Waals surface area contributed by atoms with Crippen molar-refractivity contribution in [1.29, 1.82) is 0 Å². The zero-order valence-electron chi connectivity index (χ0n) is 10.4. The molecule has 1 fully saturated rings. The van der Waals surface area contributed by atoms with Crippen molar-refractivity contribution in [2.24, 2.45) is 5.92 Å². The van der Waals surface area contributed by atoms with Crippen LogP contribution in [0.1, 0.15) is 12.0 Å². The molecule has 0 amide bonds. The smallest absolute Gasteiger partial charge is 0.150 e. The van der Waals surface area contributed by atoms with Gasteiger partial charge in [0.25, 0.3) is 0 Å². The van der Waals surface area contributed by atoms with Crippen molar-refractivity contribution in [2.75, 3.05) is 18.6 Å². The number of likely N-dealkylation sites (N-methyl/N-ethyl adjacent to an activating group) is 1. The van der Waals surface area contributed by atoms with Gasteiger partial charge in [0.05, 0.1) is 11.5 Å². The highest BCUT2D eigenvalue weighted by molar-refractivity contribution is 9.10. The van der Waals surface area contributed by atoms with Gasteiger partial charge < -0.3 is 5.32 Å². The molecule has 0 aliphatic carbocycles. The summed E-state index contributed by atoms with van der Waals surface area (Å²) in [6.07, 6.45) is 1.65. The molecule has 2 unspecified atom stereocenters. The average molecular weight is 332 g/mol. The second-order valence-corrected chi connectivity index (χ2v) is 8.04. The van der Waals surface area contributed by atoms with E-state index in [0.29, 0.717) is 11.5 Å². The predicted molar refractivity (Wildman–Crippen MR) is 77.5 cm³/mol. The average Bonchev–Trinajstić information content (AvgIpc) is 2.66. The Morgan fingerprint density at radius 1 is 1.50 bits per heavy atom. The van der Waals surface area contributed by atoms with E-state index in [1.165, 1.54) is 5.56 Å². The van der Waals surface area contributed by atoms with Crippen molar-refractivity contribution >= 4 is 25.8 Å². The second-order valence-electron chi connectivity index (χ2n) is 4.89. The molecule has 2 rings (SSSR count). The standard InChI is InChI=1S/C13H18BrNO2S/c1-15-13(11-5-6-18(16,17)9-11)8-10-3-2-4-12(14)7-10/h2-4,7,11,13,15H,5-6,8-9H2,1H3. The molecule has 2 atom stereocenters. The third kappa shape index (κ3) is 3.56. The molecule has 1 heterocycles. The van der Waals surface area contributed by atoms with Gasteiger partial charge in [-0.25, -0.2) is 8.42 Å². The Kier molecular flexibility index (Phi) is 4.45. The molecular formula is C13H18BrNO2S. The van der Waals surface area contributed by atoms with E-state index in [0.717, 1.165) is 17.3 Å². The molecule has 1 aromatic rings. The summed E-state index contributed by atoms with van der Waals surface area (Å²) in [4.78, 5) is 0. The summed E-state index contributed by atoms with van der Waals surface area (Å²) in [5, 5.41) is 3.27. The molecule has 3 nitrogen and oxygen atoms in total. The van der Waals surface area contributed by atoms with E-state index in [1.807, 2.05) is 19.2 Å². The molecule has 100 valence electrons. The van der Waals surface area contributed by atoms with Crippen molar-refractivity contribution < 1.29 is 8.42 Å². The quantitative estimate of drug-likeness (QED) is 0.918. The topological polar surface area (TPSA) is 46.2 Å². The highest BCUT2D eigenvalue weighted by Crippen LogP contribution is 2.24. The fourth-order valence-corrected chi connectivity index (χ4v) is 4.89. The highest BCUT2D eigenvalue weighted by atomic mass is 79.9. The summed E-state index contributed by atoms with van der Waals surface area (Å²) in [7, 11) is -0.890. The van der Waals surface area contributed by atoms with E-state index in [1.54, 1.807) is 0 Å². The number of benzene rings is 1. The Labute approximate surface area is 117 Å². The normalized spacial score (nSPS) is 24.0. The number of nitrogens with one attached hydrogen (secondary N) is 1. The third-order valence-corrected chi connectivity index (χ3v) is 5.84. The molecule has 18 heavy (non-hydrogen) atoms. The van der Waals surface area contributed by atoms with E-state index in [-0.39, 0.29) is 12.0 Å². The van der Waals surface area contributed by atoms with Crippen LogP contribution < -0.4 is 5.32 Å². The van der Waals surface area contributed by atoms with Crippen LogP contribution in [-0.2, 0) is 16.3 Å². The number of hydrogen-bond acceptors (Lipinski definition) is 3. The molecule has 1 N–H and O–H groups in total. The van der Waals surface area contributed by atoms with Gasteiger partial charge in [-0.2, -0.15) is 0 Å². The fourth-order valence-electron chi connectivity index (χ4n) is 2.56. The summed E-state index contributed by atoms with van der Waals surface area (Å²) in [5.74, 6) is 0.903. The van der Waals surface area contributed by atoms with Crippen LogP contribution >= 0.6 is 15.9 Å². The lowest BCUT2D eigenvalue weighted by atomic mass is 9.93. The highest BCUT2D eigenvalue weighted by Gasteiger charge is 2.32. The van der Waals surface area contributed by atoms with Gasteiger partial charge in [-0.3, -0.25) is 0 Å². The predicted octanol–water partition coefficient (Wildman–Crippen LogP) is 2.01. The molecule has 0 bridgehead atoms. The molecule has 0 spiro atoms. The van der Waals surface area contributed by atoms with Gasteiger partial charge in [0.2, 0.25) is 0 Å². The summed E-state index contributed by atoms with van der Waals surface area (Å²) in [6, 6.07) is 8.42. The number of hydrogen-bond donors (Lipinski definition) is 1. The Morgan fingerprint density at radius 3 is 2.83 bits per heavy atom. The molecule has 1 saturated heterocycles. The largest absolute Gasteiger partial charge is 0.316 e. The first kappa shape index (κ1) is 14.0. The maximum absolute atomic E-state index is 11.5. The second kappa shape index (κ2) is 5.72. The van der Waals surface area contributed by atoms with Crippen LogP contribution in [0.5, 0.6) is 0 Å². The lowest BCUT2D eigenvalue weighted by Gasteiger charge is -2.22. The van der Waals surface area contributed by atoms with Crippen LogP contribution in [0.25, 0.3) is 0 Å². The summed E-state index contributed by atoms with van der Waals surface area (Å²) < 4.78 is 24.1. The van der Waals surface area contributed by atoms with Gasteiger partial charge in [-0.1, -0.05) is 28.1 Å². The monoisotopic (exact) mass is 331 g/mol. The van der Waals surface area contributed by atoms with E-state index in [9.17, 15) is 8.42 Å². The van der Waals surface area contributed by atoms with E-state index < -0.39 is 9.84 Å². The minimum absolute atomic E-state index is 0.233. The van der Waals surface area contributed by atoms with Crippen LogP contribution in [0.15, 0.2) is 28.7 Å². The van der Waals surface area contributed by atoms with E-state index in [4.69, 9.17) is 0 Å². The van der Waals surface area contributed by atoms with Crippen LogP contribution in [0.4, 0.5) is 0 Å². The van der Waals surface area contributed by atoms with Gasteiger partial charge in [0, 0.05) is 10.5 Å². The van der Waals surface area contributed by atoms with E-state index >= 15 is 0 Å². The maximum atomic E-state index is 11.5. The van der Waals surface area contributed by atoms with E-state index in [2.05, 4.69) is 33.4 Å². The number of sulfone groups is 1. The summed E-state index contributed by atoms with van der Waals surface area (Å²) >= 11 is 3.46. The molecular weight excluding hydrogens is 314 g/mol. The Bertz CT molecular complexity index is 515. The van der Waals surface area contributed by atoms with Gasteiger partial charge in [0.1, 0.15) is 0 Å². The van der Waals surface area contributed by atoms with Crippen LogP contribution in [0, 0.1) is 5.92 Å². The zero-order valence-corrected chi connectivity index (χ0v) is 12.8. The first-order valence-electron chi connectivity index (χ1n) is 6.12. The molecule has 1 aromatic carbocycles. The number of rotatable bonds is 4. The zero-order chi connectivity index (χ0) is 13.2. The number of halogens is 1. The third-order valence-electron chi connectivity index (χ3n) is 3.55. The molecule has 5 heteroatoms. The Balaban J connectivity index is 2.06.